The van der Waals surface area contributed by atoms with Crippen LogP contribution in [0.5, 0.6) is 5.75 Å². The highest BCUT2D eigenvalue weighted by atomic mass is 16.6. The van der Waals surface area contributed by atoms with Crippen LogP contribution in [0.2, 0.25) is 0 Å². The lowest BCUT2D eigenvalue weighted by Gasteiger charge is -2.19. The van der Waals surface area contributed by atoms with Gasteiger partial charge in [0.05, 0.1) is 18.0 Å². The maximum atomic E-state index is 11.3. The number of primary amides is 1. The standard InChI is InChI=1S/C13H17N3O4/c1-20-12-7-8(5-6-11(12)16(18)19)15-10-4-2-3-9(10)13(14)17/h5-7,9-10,15H,2-4H2,1H3,(H2,14,17)/t9-,10-/m1/s1. The Bertz CT molecular complexity index is 532. The SMILES string of the molecule is COc1cc(N[C@@H]2CCC[C@H]2C(N)=O)ccc1[N+](=O)[O-]. The molecule has 7 nitrogen and oxygen atoms in total. The lowest BCUT2D eigenvalue weighted by atomic mass is 10.0. The van der Waals surface area contributed by atoms with Crippen LogP contribution < -0.4 is 15.8 Å². The van der Waals surface area contributed by atoms with Gasteiger partial charge in [-0.3, -0.25) is 14.9 Å². The smallest absolute Gasteiger partial charge is 0.311 e. The van der Waals surface area contributed by atoms with E-state index in [2.05, 4.69) is 5.32 Å². The second kappa shape index (κ2) is 5.77. The molecule has 0 radical (unpaired) electrons. The number of ether oxygens (including phenoxy) is 1. The van der Waals surface area contributed by atoms with Crippen LogP contribution in [0.25, 0.3) is 0 Å². The predicted octanol–water partition coefficient (Wildman–Crippen LogP) is 1.67. The quantitative estimate of drug-likeness (QED) is 0.629. The molecule has 1 aromatic carbocycles. The van der Waals surface area contributed by atoms with E-state index in [0.717, 1.165) is 19.3 Å². The summed E-state index contributed by atoms with van der Waals surface area (Å²) in [4.78, 5) is 21.7. The largest absolute Gasteiger partial charge is 0.490 e. The fraction of sp³-hybridized carbons (Fsp3) is 0.462. The van der Waals surface area contributed by atoms with E-state index >= 15 is 0 Å². The molecule has 0 aliphatic heterocycles. The molecule has 108 valence electrons. The fourth-order valence-electron chi connectivity index (χ4n) is 2.61. The average Bonchev–Trinajstić information content (AvgIpc) is 2.86. The molecular formula is C13H17N3O4. The zero-order valence-electron chi connectivity index (χ0n) is 11.2. The third-order valence-electron chi connectivity index (χ3n) is 3.61. The number of hydrogen-bond donors (Lipinski definition) is 2. The summed E-state index contributed by atoms with van der Waals surface area (Å²) in [5.74, 6) is -0.321. The van der Waals surface area contributed by atoms with Gasteiger partial charge in [0.25, 0.3) is 0 Å². The number of nitrogens with two attached hydrogens (primary N) is 1. The number of amides is 1. The summed E-state index contributed by atoms with van der Waals surface area (Å²) in [6, 6.07) is 4.53. The van der Waals surface area contributed by atoms with E-state index in [9.17, 15) is 14.9 Å². The third kappa shape index (κ3) is 2.81. The minimum Gasteiger partial charge on any atom is -0.490 e. The molecule has 3 N–H and O–H groups in total. The third-order valence-corrected chi connectivity index (χ3v) is 3.61. The number of hydrogen-bond acceptors (Lipinski definition) is 5. The molecule has 1 aliphatic rings. The topological polar surface area (TPSA) is 107 Å². The minimum absolute atomic E-state index is 0.0290. The zero-order chi connectivity index (χ0) is 14.7. The molecule has 0 saturated heterocycles. The highest BCUT2D eigenvalue weighted by molar-refractivity contribution is 5.78. The fourth-order valence-corrected chi connectivity index (χ4v) is 2.61. The number of methoxy groups -OCH3 is 1. The monoisotopic (exact) mass is 279 g/mol. The van der Waals surface area contributed by atoms with Crippen LogP contribution >= 0.6 is 0 Å². The number of carbonyl (C=O) groups excluding carboxylic acids is 1. The van der Waals surface area contributed by atoms with Gasteiger partial charge in [0.2, 0.25) is 5.91 Å². The molecular weight excluding hydrogens is 262 g/mol. The van der Waals surface area contributed by atoms with Crippen LogP contribution in [-0.4, -0.2) is 24.0 Å². The Morgan fingerprint density at radius 1 is 1.50 bits per heavy atom. The Hall–Kier alpha value is -2.31. The molecule has 1 aliphatic carbocycles. The van der Waals surface area contributed by atoms with Crippen LogP contribution in [0.4, 0.5) is 11.4 Å². The second-order valence-electron chi connectivity index (χ2n) is 4.83. The Morgan fingerprint density at radius 3 is 2.85 bits per heavy atom. The first-order valence-corrected chi connectivity index (χ1v) is 6.41. The first-order valence-electron chi connectivity index (χ1n) is 6.41. The molecule has 20 heavy (non-hydrogen) atoms. The van der Waals surface area contributed by atoms with Gasteiger partial charge in [0, 0.05) is 23.9 Å². The molecule has 0 heterocycles. The van der Waals surface area contributed by atoms with Crippen molar-refractivity contribution < 1.29 is 14.5 Å². The van der Waals surface area contributed by atoms with Crippen molar-refractivity contribution in [2.75, 3.05) is 12.4 Å². The maximum absolute atomic E-state index is 11.3. The number of rotatable bonds is 5. The highest BCUT2D eigenvalue weighted by Gasteiger charge is 2.31. The normalized spacial score (nSPS) is 21.4. The summed E-state index contributed by atoms with van der Waals surface area (Å²) in [7, 11) is 1.38. The average molecular weight is 279 g/mol. The van der Waals surface area contributed by atoms with Gasteiger partial charge in [0.1, 0.15) is 0 Å². The van der Waals surface area contributed by atoms with E-state index in [1.165, 1.54) is 13.2 Å². The number of nitrogens with one attached hydrogen (secondary N) is 1. The van der Waals surface area contributed by atoms with E-state index < -0.39 is 4.92 Å². The summed E-state index contributed by atoms with van der Waals surface area (Å²) in [5.41, 5.74) is 5.97. The number of benzene rings is 1. The van der Waals surface area contributed by atoms with Gasteiger partial charge in [-0.25, -0.2) is 0 Å². The Morgan fingerprint density at radius 2 is 2.25 bits per heavy atom. The van der Waals surface area contributed by atoms with Crippen LogP contribution in [-0.2, 0) is 4.79 Å². The molecule has 0 spiro atoms. The van der Waals surface area contributed by atoms with Crippen molar-refractivity contribution >= 4 is 17.3 Å². The van der Waals surface area contributed by atoms with Gasteiger partial charge in [-0.15, -0.1) is 0 Å². The zero-order valence-corrected chi connectivity index (χ0v) is 11.2. The maximum Gasteiger partial charge on any atom is 0.311 e. The molecule has 1 aromatic rings. The van der Waals surface area contributed by atoms with Crippen molar-refractivity contribution in [1.29, 1.82) is 0 Å². The second-order valence-corrected chi connectivity index (χ2v) is 4.83. The van der Waals surface area contributed by atoms with Gasteiger partial charge >= 0.3 is 5.69 Å². The molecule has 0 aromatic heterocycles. The lowest BCUT2D eigenvalue weighted by Crippen LogP contribution is -2.34. The molecule has 1 amide bonds. The number of nitro benzene ring substituents is 1. The van der Waals surface area contributed by atoms with Gasteiger partial charge in [0.15, 0.2) is 5.75 Å². The van der Waals surface area contributed by atoms with E-state index in [-0.39, 0.29) is 29.3 Å². The number of carbonyl (C=O) groups is 1. The molecule has 0 bridgehead atoms. The van der Waals surface area contributed by atoms with E-state index in [4.69, 9.17) is 10.5 Å². The lowest BCUT2D eigenvalue weighted by molar-refractivity contribution is -0.385. The van der Waals surface area contributed by atoms with Crippen molar-refractivity contribution in [3.8, 4) is 5.75 Å². The van der Waals surface area contributed by atoms with E-state index in [1.807, 2.05) is 0 Å². The van der Waals surface area contributed by atoms with Crippen molar-refractivity contribution in [3.05, 3.63) is 28.3 Å². The molecule has 2 atom stereocenters. The number of nitro groups is 1. The number of nitrogens with zero attached hydrogens (tertiary/aromatic N) is 1. The molecule has 2 rings (SSSR count). The van der Waals surface area contributed by atoms with Crippen molar-refractivity contribution in [2.45, 2.75) is 25.3 Å². The van der Waals surface area contributed by atoms with Crippen molar-refractivity contribution in [2.24, 2.45) is 11.7 Å². The molecule has 0 unspecified atom stereocenters. The van der Waals surface area contributed by atoms with Crippen LogP contribution in [0.15, 0.2) is 18.2 Å². The van der Waals surface area contributed by atoms with Gasteiger partial charge in [-0.1, -0.05) is 6.42 Å². The Labute approximate surface area is 116 Å². The highest BCUT2D eigenvalue weighted by Crippen LogP contribution is 2.33. The van der Waals surface area contributed by atoms with Crippen LogP contribution in [0.3, 0.4) is 0 Å². The van der Waals surface area contributed by atoms with Crippen LogP contribution in [0.1, 0.15) is 19.3 Å². The Kier molecular flexibility index (Phi) is 4.07. The number of anilines is 1. The van der Waals surface area contributed by atoms with Crippen molar-refractivity contribution in [1.82, 2.24) is 0 Å². The van der Waals surface area contributed by atoms with Gasteiger partial charge < -0.3 is 15.8 Å². The van der Waals surface area contributed by atoms with Gasteiger partial charge in [-0.2, -0.15) is 0 Å². The summed E-state index contributed by atoms with van der Waals surface area (Å²) < 4.78 is 5.01. The van der Waals surface area contributed by atoms with E-state index in [0.29, 0.717) is 5.69 Å². The van der Waals surface area contributed by atoms with Crippen molar-refractivity contribution in [3.63, 3.8) is 0 Å². The summed E-state index contributed by atoms with van der Waals surface area (Å²) in [6.07, 6.45) is 2.57. The first-order chi connectivity index (χ1) is 9.52. The summed E-state index contributed by atoms with van der Waals surface area (Å²) in [6.45, 7) is 0. The first kappa shape index (κ1) is 14.1. The molecule has 1 fully saturated rings. The van der Waals surface area contributed by atoms with Crippen LogP contribution in [0, 0.1) is 16.0 Å². The minimum atomic E-state index is -0.496. The molecule has 7 heteroatoms. The predicted molar refractivity (Wildman–Crippen MR) is 73.6 cm³/mol. The summed E-state index contributed by atoms with van der Waals surface area (Å²) in [5, 5.41) is 14.0. The Balaban J connectivity index is 2.17. The molecule has 1 saturated carbocycles. The van der Waals surface area contributed by atoms with Gasteiger partial charge in [-0.05, 0) is 18.9 Å². The van der Waals surface area contributed by atoms with E-state index in [1.54, 1.807) is 12.1 Å². The summed E-state index contributed by atoms with van der Waals surface area (Å²) >= 11 is 0.